The van der Waals surface area contributed by atoms with E-state index in [-0.39, 0.29) is 28.5 Å². The predicted molar refractivity (Wildman–Crippen MR) is 87.8 cm³/mol. The number of hydrogen-bond donors (Lipinski definition) is 0. The second-order valence-electron chi connectivity index (χ2n) is 5.58. The molecular formula is C18H13F4N3O2. The van der Waals surface area contributed by atoms with Crippen LogP contribution >= 0.6 is 0 Å². The summed E-state index contributed by atoms with van der Waals surface area (Å²) in [6, 6.07) is 4.24. The number of alkyl halides is 2. The summed E-state index contributed by atoms with van der Waals surface area (Å²) >= 11 is 0. The summed E-state index contributed by atoms with van der Waals surface area (Å²) in [6.45, 7) is 0.730. The molecule has 0 atom stereocenters. The molecule has 0 spiro atoms. The lowest BCUT2D eigenvalue weighted by molar-refractivity contribution is 0.0127. The number of pyridine rings is 1. The van der Waals surface area contributed by atoms with Crippen molar-refractivity contribution in [2.75, 3.05) is 7.11 Å². The molecule has 1 aromatic carbocycles. The Bertz CT molecular complexity index is 960. The van der Waals surface area contributed by atoms with Crippen molar-refractivity contribution in [3.05, 3.63) is 60.3 Å². The number of aromatic nitrogens is 3. The zero-order valence-electron chi connectivity index (χ0n) is 14.2. The predicted octanol–water partition coefficient (Wildman–Crippen LogP) is 4.73. The average Bonchev–Trinajstić information content (AvgIpc) is 2.64. The van der Waals surface area contributed by atoms with Crippen LogP contribution < -0.4 is 9.47 Å². The Morgan fingerprint density at radius 3 is 2.33 bits per heavy atom. The third-order valence-electron chi connectivity index (χ3n) is 3.61. The summed E-state index contributed by atoms with van der Waals surface area (Å²) in [5.74, 6) is -5.08. The second-order valence-corrected chi connectivity index (χ2v) is 5.58. The lowest BCUT2D eigenvalue weighted by atomic mass is 10.1. The minimum Gasteiger partial charge on any atom is -0.496 e. The SMILES string of the molecule is COc1cc(F)c(F)cc1-c1cncnc1Oc1ccc(C(C)(F)F)nc1. The highest BCUT2D eigenvalue weighted by Crippen LogP contribution is 2.37. The van der Waals surface area contributed by atoms with Crippen molar-refractivity contribution in [1.82, 2.24) is 15.0 Å². The smallest absolute Gasteiger partial charge is 0.286 e. The number of methoxy groups -OCH3 is 1. The van der Waals surface area contributed by atoms with Gasteiger partial charge >= 0.3 is 0 Å². The van der Waals surface area contributed by atoms with E-state index in [1.807, 2.05) is 0 Å². The van der Waals surface area contributed by atoms with E-state index in [0.29, 0.717) is 0 Å². The van der Waals surface area contributed by atoms with E-state index in [0.717, 1.165) is 31.3 Å². The van der Waals surface area contributed by atoms with Crippen molar-refractivity contribution in [3.63, 3.8) is 0 Å². The van der Waals surface area contributed by atoms with Gasteiger partial charge in [0.1, 0.15) is 23.5 Å². The molecule has 2 heterocycles. The molecular weight excluding hydrogens is 366 g/mol. The van der Waals surface area contributed by atoms with Gasteiger partial charge in [-0.2, -0.15) is 8.78 Å². The summed E-state index contributed by atoms with van der Waals surface area (Å²) in [7, 11) is 1.30. The van der Waals surface area contributed by atoms with Gasteiger partial charge in [0, 0.05) is 24.8 Å². The minimum absolute atomic E-state index is 0.00730. The molecule has 0 radical (unpaired) electrons. The number of nitrogens with zero attached hydrogens (tertiary/aromatic N) is 3. The van der Waals surface area contributed by atoms with Crippen LogP contribution in [-0.2, 0) is 5.92 Å². The van der Waals surface area contributed by atoms with Crippen molar-refractivity contribution in [1.29, 1.82) is 0 Å². The minimum atomic E-state index is -3.09. The van der Waals surface area contributed by atoms with Crippen molar-refractivity contribution in [2.45, 2.75) is 12.8 Å². The Balaban J connectivity index is 1.99. The highest BCUT2D eigenvalue weighted by molar-refractivity contribution is 5.74. The first-order chi connectivity index (χ1) is 12.8. The molecule has 0 unspecified atom stereocenters. The maximum Gasteiger partial charge on any atom is 0.286 e. The van der Waals surface area contributed by atoms with Crippen LogP contribution in [0.5, 0.6) is 17.4 Å². The number of halogens is 4. The Hall–Kier alpha value is -3.23. The van der Waals surface area contributed by atoms with Gasteiger partial charge < -0.3 is 9.47 Å². The van der Waals surface area contributed by atoms with Gasteiger partial charge in [-0.05, 0) is 18.2 Å². The van der Waals surface area contributed by atoms with Crippen LogP contribution in [0.3, 0.4) is 0 Å². The lowest BCUT2D eigenvalue weighted by Gasteiger charge is -2.13. The molecule has 2 aromatic heterocycles. The Kier molecular flexibility index (Phi) is 4.93. The number of hydrogen-bond acceptors (Lipinski definition) is 5. The fourth-order valence-electron chi connectivity index (χ4n) is 2.30. The number of benzene rings is 1. The molecule has 3 rings (SSSR count). The summed E-state index contributed by atoms with van der Waals surface area (Å²) in [5, 5.41) is 0. The molecule has 0 saturated carbocycles. The highest BCUT2D eigenvalue weighted by atomic mass is 19.3. The van der Waals surface area contributed by atoms with E-state index in [2.05, 4.69) is 15.0 Å². The van der Waals surface area contributed by atoms with Crippen LogP contribution in [0.25, 0.3) is 11.1 Å². The van der Waals surface area contributed by atoms with Gasteiger partial charge in [-0.25, -0.2) is 18.7 Å². The van der Waals surface area contributed by atoms with Gasteiger partial charge in [0.05, 0.1) is 18.9 Å². The van der Waals surface area contributed by atoms with Crippen molar-refractivity contribution >= 4 is 0 Å². The van der Waals surface area contributed by atoms with Gasteiger partial charge in [0.2, 0.25) is 5.88 Å². The Labute approximate surface area is 151 Å². The Morgan fingerprint density at radius 1 is 0.963 bits per heavy atom. The molecule has 9 heteroatoms. The maximum absolute atomic E-state index is 13.7. The molecule has 0 N–H and O–H groups in total. The Morgan fingerprint density at radius 2 is 1.70 bits per heavy atom. The first kappa shape index (κ1) is 18.6. The standard InChI is InChI=1S/C18H13F4N3O2/c1-18(21,22)16-4-3-10(7-24-16)27-17-12(8-23-9-25-17)11-5-13(19)14(20)6-15(11)26-2/h3-9H,1-2H3. The van der Waals surface area contributed by atoms with Crippen molar-refractivity contribution in [3.8, 4) is 28.5 Å². The fraction of sp³-hybridized carbons (Fsp3) is 0.167. The van der Waals surface area contributed by atoms with Gasteiger partial charge in [-0.15, -0.1) is 0 Å². The van der Waals surface area contributed by atoms with E-state index >= 15 is 0 Å². The van der Waals surface area contributed by atoms with Gasteiger partial charge in [-0.3, -0.25) is 4.98 Å². The van der Waals surface area contributed by atoms with Crippen LogP contribution in [0.15, 0.2) is 43.0 Å². The van der Waals surface area contributed by atoms with E-state index in [9.17, 15) is 17.6 Å². The maximum atomic E-state index is 13.7. The molecule has 0 amide bonds. The number of rotatable bonds is 5. The molecule has 0 aliphatic heterocycles. The molecule has 5 nitrogen and oxygen atoms in total. The van der Waals surface area contributed by atoms with Gasteiger partial charge in [0.15, 0.2) is 11.6 Å². The number of ether oxygens (including phenoxy) is 2. The monoisotopic (exact) mass is 379 g/mol. The van der Waals surface area contributed by atoms with E-state index in [1.165, 1.54) is 25.7 Å². The van der Waals surface area contributed by atoms with Crippen LogP contribution in [0.4, 0.5) is 17.6 Å². The topological polar surface area (TPSA) is 57.1 Å². The molecule has 0 aliphatic rings. The zero-order chi connectivity index (χ0) is 19.6. The first-order valence-corrected chi connectivity index (χ1v) is 7.65. The van der Waals surface area contributed by atoms with Crippen LogP contribution in [0.1, 0.15) is 12.6 Å². The van der Waals surface area contributed by atoms with Crippen LogP contribution in [-0.4, -0.2) is 22.1 Å². The van der Waals surface area contributed by atoms with Gasteiger partial charge in [0.25, 0.3) is 5.92 Å². The quantitative estimate of drug-likeness (QED) is 0.600. The normalized spacial score (nSPS) is 11.3. The van der Waals surface area contributed by atoms with E-state index in [1.54, 1.807) is 0 Å². The van der Waals surface area contributed by atoms with E-state index < -0.39 is 23.3 Å². The molecule has 140 valence electrons. The van der Waals surface area contributed by atoms with Crippen LogP contribution in [0, 0.1) is 11.6 Å². The third-order valence-corrected chi connectivity index (χ3v) is 3.61. The van der Waals surface area contributed by atoms with Crippen LogP contribution in [0.2, 0.25) is 0 Å². The molecule has 0 saturated heterocycles. The fourth-order valence-corrected chi connectivity index (χ4v) is 2.30. The zero-order valence-corrected chi connectivity index (χ0v) is 14.2. The average molecular weight is 379 g/mol. The molecule has 3 aromatic rings. The molecule has 0 fully saturated rings. The lowest BCUT2D eigenvalue weighted by Crippen LogP contribution is -2.09. The summed E-state index contributed by atoms with van der Waals surface area (Å²) in [5.41, 5.74) is -0.0325. The molecule has 0 bridgehead atoms. The summed E-state index contributed by atoms with van der Waals surface area (Å²) in [6.07, 6.45) is 3.63. The second kappa shape index (κ2) is 7.18. The summed E-state index contributed by atoms with van der Waals surface area (Å²) in [4.78, 5) is 11.5. The highest BCUT2D eigenvalue weighted by Gasteiger charge is 2.26. The third kappa shape index (κ3) is 3.97. The van der Waals surface area contributed by atoms with Crippen molar-refractivity contribution in [2.24, 2.45) is 0 Å². The summed E-state index contributed by atoms with van der Waals surface area (Å²) < 4.78 is 64.3. The molecule has 0 aliphatic carbocycles. The molecule has 27 heavy (non-hydrogen) atoms. The van der Waals surface area contributed by atoms with E-state index in [4.69, 9.17) is 9.47 Å². The van der Waals surface area contributed by atoms with Crippen molar-refractivity contribution < 1.29 is 27.0 Å². The van der Waals surface area contributed by atoms with Gasteiger partial charge in [-0.1, -0.05) is 0 Å². The first-order valence-electron chi connectivity index (χ1n) is 7.65. The largest absolute Gasteiger partial charge is 0.496 e.